The van der Waals surface area contributed by atoms with Gasteiger partial charge in [-0.3, -0.25) is 4.90 Å². The molecule has 0 aromatic heterocycles. The molecule has 1 aliphatic rings. The molecular formula is C14H18N2. The van der Waals surface area contributed by atoms with E-state index in [1.54, 1.807) is 0 Å². The van der Waals surface area contributed by atoms with Gasteiger partial charge in [0.1, 0.15) is 0 Å². The van der Waals surface area contributed by atoms with Crippen LogP contribution in [-0.2, 0) is 6.54 Å². The first-order valence-corrected chi connectivity index (χ1v) is 5.90. The average Bonchev–Trinajstić information content (AvgIpc) is 2.58. The molecule has 2 heteroatoms. The van der Waals surface area contributed by atoms with Crippen LogP contribution >= 0.6 is 0 Å². The zero-order chi connectivity index (χ0) is 11.5. The number of benzene rings is 1. The lowest BCUT2D eigenvalue weighted by Crippen LogP contribution is -2.20. The van der Waals surface area contributed by atoms with Crippen LogP contribution in [0.15, 0.2) is 24.3 Å². The number of nitrogens with zero attached hydrogens (tertiary/aromatic N) is 2. The molecule has 0 aliphatic carbocycles. The maximum absolute atomic E-state index is 8.84. The molecule has 0 amide bonds. The monoisotopic (exact) mass is 214 g/mol. The molecule has 0 radical (unpaired) electrons. The van der Waals surface area contributed by atoms with Crippen LogP contribution in [0.3, 0.4) is 0 Å². The van der Waals surface area contributed by atoms with E-state index in [1.807, 2.05) is 18.2 Å². The van der Waals surface area contributed by atoms with Crippen molar-refractivity contribution in [3.05, 3.63) is 35.4 Å². The van der Waals surface area contributed by atoms with Crippen LogP contribution in [0.5, 0.6) is 0 Å². The third kappa shape index (κ3) is 2.43. The normalized spacial score (nSPS) is 25.6. The molecule has 2 nitrogen and oxygen atoms in total. The van der Waals surface area contributed by atoms with E-state index in [1.165, 1.54) is 18.7 Å². The second-order valence-electron chi connectivity index (χ2n) is 4.96. The lowest BCUT2D eigenvalue weighted by Gasteiger charge is -2.15. The molecule has 2 unspecified atom stereocenters. The molecule has 2 atom stereocenters. The third-order valence-corrected chi connectivity index (χ3v) is 3.53. The zero-order valence-corrected chi connectivity index (χ0v) is 9.98. The first-order chi connectivity index (χ1) is 7.69. The van der Waals surface area contributed by atoms with E-state index in [9.17, 15) is 0 Å². The molecule has 16 heavy (non-hydrogen) atoms. The van der Waals surface area contributed by atoms with Crippen molar-refractivity contribution < 1.29 is 0 Å². The summed E-state index contributed by atoms with van der Waals surface area (Å²) in [6, 6.07) is 10.1. The van der Waals surface area contributed by atoms with Gasteiger partial charge in [0, 0.05) is 19.6 Å². The van der Waals surface area contributed by atoms with Gasteiger partial charge < -0.3 is 0 Å². The predicted octanol–water partition coefficient (Wildman–Crippen LogP) is 2.65. The van der Waals surface area contributed by atoms with Gasteiger partial charge in [0.2, 0.25) is 0 Å². The van der Waals surface area contributed by atoms with Gasteiger partial charge in [-0.15, -0.1) is 0 Å². The van der Waals surface area contributed by atoms with Crippen LogP contribution in [0.25, 0.3) is 0 Å². The molecule has 1 heterocycles. The van der Waals surface area contributed by atoms with Crippen molar-refractivity contribution in [1.29, 1.82) is 5.26 Å². The Hall–Kier alpha value is -1.33. The molecule has 1 fully saturated rings. The molecule has 1 saturated heterocycles. The van der Waals surface area contributed by atoms with Crippen molar-refractivity contribution in [2.75, 3.05) is 13.1 Å². The summed E-state index contributed by atoms with van der Waals surface area (Å²) in [6.07, 6.45) is 0. The summed E-state index contributed by atoms with van der Waals surface area (Å²) in [5.74, 6) is 1.58. The minimum atomic E-state index is 0.762. The highest BCUT2D eigenvalue weighted by molar-refractivity contribution is 5.32. The van der Waals surface area contributed by atoms with E-state index in [2.05, 4.69) is 30.9 Å². The summed E-state index contributed by atoms with van der Waals surface area (Å²) < 4.78 is 0. The third-order valence-electron chi connectivity index (χ3n) is 3.53. The van der Waals surface area contributed by atoms with Crippen LogP contribution in [0, 0.1) is 23.2 Å². The minimum Gasteiger partial charge on any atom is -0.299 e. The molecule has 0 saturated carbocycles. The van der Waals surface area contributed by atoms with Crippen molar-refractivity contribution in [1.82, 2.24) is 4.90 Å². The first kappa shape index (κ1) is 11.2. The van der Waals surface area contributed by atoms with Crippen molar-refractivity contribution in [3.63, 3.8) is 0 Å². The van der Waals surface area contributed by atoms with Crippen LogP contribution in [0.1, 0.15) is 25.0 Å². The van der Waals surface area contributed by atoms with E-state index in [4.69, 9.17) is 5.26 Å². The molecule has 1 aromatic rings. The van der Waals surface area contributed by atoms with Gasteiger partial charge in [-0.25, -0.2) is 0 Å². The van der Waals surface area contributed by atoms with Crippen LogP contribution in [0.4, 0.5) is 0 Å². The Kier molecular flexibility index (Phi) is 3.26. The van der Waals surface area contributed by atoms with Crippen molar-refractivity contribution in [2.45, 2.75) is 20.4 Å². The topological polar surface area (TPSA) is 27.0 Å². The van der Waals surface area contributed by atoms with Crippen LogP contribution in [0.2, 0.25) is 0 Å². The first-order valence-electron chi connectivity index (χ1n) is 5.90. The van der Waals surface area contributed by atoms with Crippen molar-refractivity contribution in [2.24, 2.45) is 11.8 Å². The molecule has 0 spiro atoms. The number of hydrogen-bond acceptors (Lipinski definition) is 2. The Morgan fingerprint density at radius 2 is 2.00 bits per heavy atom. The maximum Gasteiger partial charge on any atom is 0.0991 e. The summed E-state index contributed by atoms with van der Waals surface area (Å²) >= 11 is 0. The van der Waals surface area contributed by atoms with E-state index >= 15 is 0 Å². The largest absolute Gasteiger partial charge is 0.299 e. The minimum absolute atomic E-state index is 0.762. The van der Waals surface area contributed by atoms with Gasteiger partial charge in [-0.1, -0.05) is 26.0 Å². The van der Waals surface area contributed by atoms with Gasteiger partial charge in [0.25, 0.3) is 0 Å². The fourth-order valence-electron chi connectivity index (χ4n) is 2.38. The van der Waals surface area contributed by atoms with E-state index in [0.29, 0.717) is 0 Å². The van der Waals surface area contributed by atoms with E-state index in [-0.39, 0.29) is 0 Å². The highest BCUT2D eigenvalue weighted by Crippen LogP contribution is 2.23. The zero-order valence-electron chi connectivity index (χ0n) is 9.98. The Labute approximate surface area is 97.5 Å². The van der Waals surface area contributed by atoms with E-state index in [0.717, 1.165) is 23.9 Å². The lowest BCUT2D eigenvalue weighted by atomic mass is 10.0. The Morgan fingerprint density at radius 1 is 1.31 bits per heavy atom. The number of hydrogen-bond donors (Lipinski definition) is 0. The van der Waals surface area contributed by atoms with Gasteiger partial charge in [-0.2, -0.15) is 5.26 Å². The smallest absolute Gasteiger partial charge is 0.0991 e. The summed E-state index contributed by atoms with van der Waals surface area (Å²) in [5, 5.41) is 8.84. The average molecular weight is 214 g/mol. The Bertz CT molecular complexity index is 395. The van der Waals surface area contributed by atoms with Gasteiger partial charge in [0.05, 0.1) is 11.6 Å². The maximum atomic E-state index is 8.84. The second-order valence-corrected chi connectivity index (χ2v) is 4.96. The standard InChI is InChI=1S/C14H18N2/c1-11-8-16(9-12(11)2)10-14-5-3-4-13(6-14)7-15/h3-6,11-12H,8-10H2,1-2H3. The highest BCUT2D eigenvalue weighted by atomic mass is 15.1. The number of likely N-dealkylation sites (tertiary alicyclic amines) is 1. The van der Waals surface area contributed by atoms with Crippen molar-refractivity contribution in [3.8, 4) is 6.07 Å². The van der Waals surface area contributed by atoms with Gasteiger partial charge in [-0.05, 0) is 29.5 Å². The van der Waals surface area contributed by atoms with E-state index < -0.39 is 0 Å². The molecular weight excluding hydrogens is 196 g/mol. The summed E-state index contributed by atoms with van der Waals surface area (Å²) in [7, 11) is 0. The molecule has 2 rings (SSSR count). The second kappa shape index (κ2) is 4.67. The van der Waals surface area contributed by atoms with Crippen molar-refractivity contribution >= 4 is 0 Å². The molecule has 1 aromatic carbocycles. The molecule has 0 N–H and O–H groups in total. The summed E-state index contributed by atoms with van der Waals surface area (Å²) in [4.78, 5) is 2.48. The quantitative estimate of drug-likeness (QED) is 0.756. The molecule has 1 aliphatic heterocycles. The lowest BCUT2D eigenvalue weighted by molar-refractivity contribution is 0.316. The fraction of sp³-hybridized carbons (Fsp3) is 0.500. The summed E-state index contributed by atoms with van der Waals surface area (Å²) in [6.45, 7) is 7.97. The van der Waals surface area contributed by atoms with Gasteiger partial charge >= 0.3 is 0 Å². The molecule has 0 bridgehead atoms. The predicted molar refractivity (Wildman–Crippen MR) is 64.8 cm³/mol. The Balaban J connectivity index is 2.02. The Morgan fingerprint density at radius 3 is 2.62 bits per heavy atom. The highest BCUT2D eigenvalue weighted by Gasteiger charge is 2.25. The fourth-order valence-corrected chi connectivity index (χ4v) is 2.38. The summed E-state index contributed by atoms with van der Waals surface area (Å²) in [5.41, 5.74) is 2.01. The molecule has 84 valence electrons. The van der Waals surface area contributed by atoms with Crippen LogP contribution < -0.4 is 0 Å². The van der Waals surface area contributed by atoms with Crippen LogP contribution in [-0.4, -0.2) is 18.0 Å². The SMILES string of the molecule is CC1CN(Cc2cccc(C#N)c2)CC1C. The number of rotatable bonds is 2. The number of nitriles is 1. The van der Waals surface area contributed by atoms with Gasteiger partial charge in [0.15, 0.2) is 0 Å².